The Labute approximate surface area is 100 Å². The van der Waals surface area contributed by atoms with Gasteiger partial charge in [-0.2, -0.15) is 11.8 Å². The predicted octanol–water partition coefficient (Wildman–Crippen LogP) is 2.97. The lowest BCUT2D eigenvalue weighted by Gasteiger charge is -2.00. The summed E-state index contributed by atoms with van der Waals surface area (Å²) < 4.78 is 0. The number of Topliss-reactive ketones (excluding diaryl/α,β-unsaturated/α-hetero) is 2. The minimum absolute atomic E-state index is 0.0538. The summed E-state index contributed by atoms with van der Waals surface area (Å²) in [4.78, 5) is 23.0. The zero-order valence-electron chi connectivity index (χ0n) is 9.44. The molecule has 1 aromatic carbocycles. The van der Waals surface area contributed by atoms with Gasteiger partial charge in [-0.25, -0.2) is 0 Å². The SMILES string of the molecule is CSCCC(=O)CCC(=O)c1ccccc1. The minimum atomic E-state index is 0.0538. The van der Waals surface area contributed by atoms with Gasteiger partial charge in [-0.15, -0.1) is 0 Å². The lowest BCUT2D eigenvalue weighted by atomic mass is 10.0. The van der Waals surface area contributed by atoms with Gasteiger partial charge in [0.2, 0.25) is 0 Å². The molecule has 0 bridgehead atoms. The number of ketones is 2. The zero-order valence-corrected chi connectivity index (χ0v) is 10.3. The maximum absolute atomic E-state index is 11.7. The maximum atomic E-state index is 11.7. The van der Waals surface area contributed by atoms with Crippen molar-refractivity contribution in [1.82, 2.24) is 0 Å². The highest BCUT2D eigenvalue weighted by atomic mass is 32.2. The molecule has 0 spiro atoms. The van der Waals surface area contributed by atoms with Gasteiger partial charge in [0.25, 0.3) is 0 Å². The molecule has 0 aromatic heterocycles. The first-order chi connectivity index (χ1) is 7.74. The first kappa shape index (κ1) is 13.0. The van der Waals surface area contributed by atoms with Gasteiger partial charge in [0.15, 0.2) is 5.78 Å². The van der Waals surface area contributed by atoms with Crippen LogP contribution in [0.15, 0.2) is 30.3 Å². The van der Waals surface area contributed by atoms with Gasteiger partial charge >= 0.3 is 0 Å². The molecule has 0 unspecified atom stereocenters. The summed E-state index contributed by atoms with van der Waals surface area (Å²) in [6, 6.07) is 9.12. The van der Waals surface area contributed by atoms with Crippen molar-refractivity contribution in [2.75, 3.05) is 12.0 Å². The first-order valence-electron chi connectivity index (χ1n) is 5.33. The van der Waals surface area contributed by atoms with E-state index in [2.05, 4.69) is 0 Å². The maximum Gasteiger partial charge on any atom is 0.163 e. The van der Waals surface area contributed by atoms with E-state index in [1.165, 1.54) is 0 Å². The third-order valence-corrected chi connectivity index (χ3v) is 2.92. The zero-order chi connectivity index (χ0) is 11.8. The number of thioether (sulfide) groups is 1. The van der Waals surface area contributed by atoms with E-state index in [1.54, 1.807) is 23.9 Å². The average Bonchev–Trinajstić information content (AvgIpc) is 2.34. The third kappa shape index (κ3) is 4.62. The van der Waals surface area contributed by atoms with E-state index < -0.39 is 0 Å². The molecule has 0 aliphatic carbocycles. The number of benzene rings is 1. The Morgan fingerprint density at radius 2 is 1.75 bits per heavy atom. The van der Waals surface area contributed by atoms with Crippen molar-refractivity contribution < 1.29 is 9.59 Å². The predicted molar refractivity (Wildman–Crippen MR) is 68.0 cm³/mol. The second kappa shape index (κ2) is 7.23. The van der Waals surface area contributed by atoms with Gasteiger partial charge < -0.3 is 0 Å². The Morgan fingerprint density at radius 1 is 1.06 bits per heavy atom. The molecule has 0 heterocycles. The van der Waals surface area contributed by atoms with Crippen LogP contribution in [0.3, 0.4) is 0 Å². The highest BCUT2D eigenvalue weighted by Crippen LogP contribution is 2.07. The lowest BCUT2D eigenvalue weighted by Crippen LogP contribution is -2.05. The summed E-state index contributed by atoms with van der Waals surface area (Å²) >= 11 is 1.65. The van der Waals surface area contributed by atoms with Gasteiger partial charge in [0.1, 0.15) is 5.78 Å². The van der Waals surface area contributed by atoms with E-state index in [0.717, 1.165) is 5.75 Å². The number of carbonyl (C=O) groups is 2. The van der Waals surface area contributed by atoms with E-state index in [-0.39, 0.29) is 11.6 Å². The van der Waals surface area contributed by atoms with Crippen LogP contribution in [0.4, 0.5) is 0 Å². The summed E-state index contributed by atoms with van der Waals surface area (Å²) in [5.41, 5.74) is 0.695. The van der Waals surface area contributed by atoms with Crippen LogP contribution in [0.25, 0.3) is 0 Å². The Morgan fingerprint density at radius 3 is 2.38 bits per heavy atom. The molecule has 0 N–H and O–H groups in total. The summed E-state index contributed by atoms with van der Waals surface area (Å²) in [5, 5.41) is 0. The van der Waals surface area contributed by atoms with Crippen LogP contribution in [0.5, 0.6) is 0 Å². The summed E-state index contributed by atoms with van der Waals surface area (Å²) in [6.45, 7) is 0. The normalized spacial score (nSPS) is 10.1. The van der Waals surface area contributed by atoms with Crippen molar-refractivity contribution in [1.29, 1.82) is 0 Å². The fraction of sp³-hybridized carbons (Fsp3) is 0.385. The molecule has 16 heavy (non-hydrogen) atoms. The van der Waals surface area contributed by atoms with Crippen LogP contribution in [-0.2, 0) is 4.79 Å². The van der Waals surface area contributed by atoms with Crippen LogP contribution in [0.2, 0.25) is 0 Å². The van der Waals surface area contributed by atoms with Crippen LogP contribution < -0.4 is 0 Å². The minimum Gasteiger partial charge on any atom is -0.300 e. The van der Waals surface area contributed by atoms with Crippen molar-refractivity contribution >= 4 is 23.3 Å². The molecule has 1 aromatic rings. The smallest absolute Gasteiger partial charge is 0.163 e. The highest BCUT2D eigenvalue weighted by molar-refractivity contribution is 7.98. The number of hydrogen-bond acceptors (Lipinski definition) is 3. The molecule has 0 amide bonds. The number of carbonyl (C=O) groups excluding carboxylic acids is 2. The van der Waals surface area contributed by atoms with Gasteiger partial charge in [0, 0.05) is 24.8 Å². The van der Waals surface area contributed by atoms with Crippen molar-refractivity contribution in [3.05, 3.63) is 35.9 Å². The molecule has 0 radical (unpaired) electrons. The largest absolute Gasteiger partial charge is 0.300 e. The van der Waals surface area contributed by atoms with Gasteiger partial charge in [-0.05, 0) is 12.0 Å². The quantitative estimate of drug-likeness (QED) is 0.682. The van der Waals surface area contributed by atoms with Crippen molar-refractivity contribution in [3.63, 3.8) is 0 Å². The summed E-state index contributed by atoms with van der Waals surface area (Å²) in [5.74, 6) is 1.08. The first-order valence-corrected chi connectivity index (χ1v) is 6.72. The monoisotopic (exact) mass is 236 g/mol. The van der Waals surface area contributed by atoms with Crippen LogP contribution in [0, 0.1) is 0 Å². The molecule has 0 atom stereocenters. The Hall–Kier alpha value is -1.09. The second-order valence-corrected chi connectivity index (χ2v) is 4.56. The Bertz CT molecular complexity index is 346. The molecular weight excluding hydrogens is 220 g/mol. The van der Waals surface area contributed by atoms with Crippen molar-refractivity contribution in [2.45, 2.75) is 19.3 Å². The Balaban J connectivity index is 2.33. The molecule has 0 aliphatic heterocycles. The summed E-state index contributed by atoms with van der Waals surface area (Å²) in [6.07, 6.45) is 3.25. The molecule has 86 valence electrons. The highest BCUT2D eigenvalue weighted by Gasteiger charge is 2.08. The van der Waals surface area contributed by atoms with Crippen LogP contribution >= 0.6 is 11.8 Å². The third-order valence-electron chi connectivity index (χ3n) is 2.31. The molecule has 1 rings (SSSR count). The Kier molecular flexibility index (Phi) is 5.86. The van der Waals surface area contributed by atoms with E-state index >= 15 is 0 Å². The molecule has 0 saturated heterocycles. The van der Waals surface area contributed by atoms with Crippen molar-refractivity contribution in [2.24, 2.45) is 0 Å². The molecule has 0 aliphatic rings. The van der Waals surface area contributed by atoms with Gasteiger partial charge in [-0.3, -0.25) is 9.59 Å². The second-order valence-electron chi connectivity index (χ2n) is 3.57. The molecule has 0 fully saturated rings. The molecule has 0 saturated carbocycles. The van der Waals surface area contributed by atoms with E-state index in [9.17, 15) is 9.59 Å². The summed E-state index contributed by atoms with van der Waals surface area (Å²) in [7, 11) is 0. The number of hydrogen-bond donors (Lipinski definition) is 0. The fourth-order valence-electron chi connectivity index (χ4n) is 1.36. The lowest BCUT2D eigenvalue weighted by molar-refractivity contribution is -0.118. The molecule has 2 nitrogen and oxygen atoms in total. The van der Waals surface area contributed by atoms with Gasteiger partial charge in [-0.1, -0.05) is 30.3 Å². The molecule has 3 heteroatoms. The van der Waals surface area contributed by atoms with Gasteiger partial charge in [0.05, 0.1) is 0 Å². The number of rotatable bonds is 7. The van der Waals surface area contributed by atoms with E-state index in [0.29, 0.717) is 24.8 Å². The van der Waals surface area contributed by atoms with Crippen LogP contribution in [-0.4, -0.2) is 23.6 Å². The standard InChI is InChI=1S/C13H16O2S/c1-16-10-9-12(14)7-8-13(15)11-5-3-2-4-6-11/h2-6H,7-10H2,1H3. The fourth-order valence-corrected chi connectivity index (χ4v) is 1.79. The van der Waals surface area contributed by atoms with Crippen molar-refractivity contribution in [3.8, 4) is 0 Å². The molecular formula is C13H16O2S. The van der Waals surface area contributed by atoms with Crippen LogP contribution in [0.1, 0.15) is 29.6 Å². The van der Waals surface area contributed by atoms with E-state index in [1.807, 2.05) is 24.5 Å². The average molecular weight is 236 g/mol. The van der Waals surface area contributed by atoms with E-state index in [4.69, 9.17) is 0 Å². The topological polar surface area (TPSA) is 34.1 Å².